The smallest absolute Gasteiger partial charge is 0.0950 e. The lowest BCUT2D eigenvalue weighted by molar-refractivity contribution is 0.185. The summed E-state index contributed by atoms with van der Waals surface area (Å²) in [5, 5.41) is 11.3. The minimum atomic E-state index is -0.0989. The van der Waals surface area contributed by atoms with Crippen LogP contribution in [-0.4, -0.2) is 10.4 Å². The molecule has 0 aromatic heterocycles. The predicted molar refractivity (Wildman–Crippen MR) is 84.7 cm³/mol. The molecule has 1 nitrogen and oxygen atoms in total. The Bertz CT molecular complexity index is 450. The summed E-state index contributed by atoms with van der Waals surface area (Å²) in [5.41, 5.74) is 1.20. The van der Waals surface area contributed by atoms with Gasteiger partial charge >= 0.3 is 0 Å². The molecule has 102 valence electrons. The predicted octanol–water partition coefficient (Wildman–Crippen LogP) is 5.18. The molecule has 1 aliphatic carbocycles. The van der Waals surface area contributed by atoms with Crippen molar-refractivity contribution in [3.63, 3.8) is 0 Å². The number of allylic oxidation sites excluding steroid dienone is 4. The van der Waals surface area contributed by atoms with Gasteiger partial charge in [0.25, 0.3) is 0 Å². The molecule has 0 amide bonds. The highest BCUT2D eigenvalue weighted by Gasteiger charge is 2.35. The van der Waals surface area contributed by atoms with Gasteiger partial charge in [0.15, 0.2) is 0 Å². The van der Waals surface area contributed by atoms with Crippen molar-refractivity contribution in [2.75, 3.05) is 5.33 Å². The fourth-order valence-corrected chi connectivity index (χ4v) is 3.10. The van der Waals surface area contributed by atoms with Gasteiger partial charge in [-0.25, -0.2) is 0 Å². The van der Waals surface area contributed by atoms with E-state index in [0.717, 1.165) is 31.0 Å². The quantitative estimate of drug-likeness (QED) is 0.585. The minimum Gasteiger partial charge on any atom is -0.512 e. The molecule has 1 aromatic rings. The topological polar surface area (TPSA) is 20.2 Å². The molecular formula is C17H21BrO. The van der Waals surface area contributed by atoms with Crippen LogP contribution in [0.3, 0.4) is 0 Å². The van der Waals surface area contributed by atoms with Crippen LogP contribution in [-0.2, 0) is 6.42 Å². The molecule has 2 heteroatoms. The Morgan fingerprint density at radius 1 is 1.21 bits per heavy atom. The molecule has 0 fully saturated rings. The molecule has 1 unspecified atom stereocenters. The minimum absolute atomic E-state index is 0.0989. The molecule has 0 saturated carbocycles. The molecular weight excluding hydrogens is 300 g/mol. The molecule has 0 aliphatic heterocycles. The highest BCUT2D eigenvalue weighted by atomic mass is 79.9. The van der Waals surface area contributed by atoms with Crippen molar-refractivity contribution >= 4 is 15.9 Å². The maximum Gasteiger partial charge on any atom is 0.0950 e. The van der Waals surface area contributed by atoms with E-state index in [-0.39, 0.29) is 5.41 Å². The van der Waals surface area contributed by atoms with Gasteiger partial charge < -0.3 is 5.11 Å². The molecule has 1 aliphatic rings. The number of rotatable bonds is 5. The van der Waals surface area contributed by atoms with Crippen molar-refractivity contribution in [1.82, 2.24) is 0 Å². The lowest BCUT2D eigenvalue weighted by atomic mass is 9.70. The molecule has 2 rings (SSSR count). The third kappa shape index (κ3) is 3.73. The average Bonchev–Trinajstić information content (AvgIpc) is 2.44. The lowest BCUT2D eigenvalue weighted by Crippen LogP contribution is -2.28. The number of benzene rings is 1. The maximum absolute atomic E-state index is 10.4. The van der Waals surface area contributed by atoms with Gasteiger partial charge in [-0.2, -0.15) is 0 Å². The fourth-order valence-electron chi connectivity index (χ4n) is 2.84. The van der Waals surface area contributed by atoms with Gasteiger partial charge in [-0.05, 0) is 43.7 Å². The van der Waals surface area contributed by atoms with Gasteiger partial charge in [-0.15, -0.1) is 0 Å². The van der Waals surface area contributed by atoms with Crippen LogP contribution in [0.2, 0.25) is 0 Å². The second-order valence-electron chi connectivity index (χ2n) is 5.25. The number of halogens is 1. The normalized spacial score (nSPS) is 23.5. The van der Waals surface area contributed by atoms with E-state index in [1.54, 1.807) is 0 Å². The zero-order chi connectivity index (χ0) is 13.6. The van der Waals surface area contributed by atoms with Crippen molar-refractivity contribution in [2.45, 2.75) is 32.1 Å². The molecule has 1 aromatic carbocycles. The molecule has 19 heavy (non-hydrogen) atoms. The van der Waals surface area contributed by atoms with Crippen LogP contribution >= 0.6 is 15.9 Å². The van der Waals surface area contributed by atoms with Crippen LogP contribution in [0.5, 0.6) is 0 Å². The van der Waals surface area contributed by atoms with E-state index in [4.69, 9.17) is 0 Å². The zero-order valence-electron chi connectivity index (χ0n) is 11.2. The Kier molecular flexibility index (Phi) is 5.26. The highest BCUT2D eigenvalue weighted by molar-refractivity contribution is 9.09. The summed E-state index contributed by atoms with van der Waals surface area (Å²) in [6.45, 7) is 0. The first-order valence-electron chi connectivity index (χ1n) is 6.91. The molecule has 1 atom stereocenters. The molecule has 0 spiro atoms. The molecule has 0 radical (unpaired) electrons. The summed E-state index contributed by atoms with van der Waals surface area (Å²) < 4.78 is 0. The Morgan fingerprint density at radius 2 is 2.00 bits per heavy atom. The van der Waals surface area contributed by atoms with Gasteiger partial charge in [-0.3, -0.25) is 0 Å². The van der Waals surface area contributed by atoms with Crippen molar-refractivity contribution in [1.29, 1.82) is 0 Å². The summed E-state index contributed by atoms with van der Waals surface area (Å²) >= 11 is 3.41. The summed E-state index contributed by atoms with van der Waals surface area (Å²) in [5.74, 6) is 0.585. The first-order chi connectivity index (χ1) is 9.27. The number of hydrogen-bond acceptors (Lipinski definition) is 1. The van der Waals surface area contributed by atoms with Crippen LogP contribution in [0, 0.1) is 5.41 Å². The van der Waals surface area contributed by atoms with E-state index < -0.39 is 0 Å². The van der Waals surface area contributed by atoms with Crippen LogP contribution in [0.4, 0.5) is 0 Å². The van der Waals surface area contributed by atoms with Gasteiger partial charge in [0, 0.05) is 10.7 Å². The van der Waals surface area contributed by atoms with E-state index >= 15 is 0 Å². The molecule has 0 bridgehead atoms. The molecule has 0 saturated heterocycles. The van der Waals surface area contributed by atoms with Gasteiger partial charge in [0.1, 0.15) is 0 Å². The van der Waals surface area contributed by atoms with Crippen molar-refractivity contribution in [2.24, 2.45) is 5.41 Å². The van der Waals surface area contributed by atoms with Crippen LogP contribution in [0.25, 0.3) is 0 Å². The molecule has 0 heterocycles. The number of hydrogen-bond donors (Lipinski definition) is 1. The third-order valence-electron chi connectivity index (χ3n) is 3.89. The lowest BCUT2D eigenvalue weighted by Gasteiger charge is -2.35. The first kappa shape index (κ1) is 14.4. The van der Waals surface area contributed by atoms with Gasteiger partial charge in [-0.1, -0.05) is 58.4 Å². The largest absolute Gasteiger partial charge is 0.512 e. The Balaban J connectivity index is 2.21. The maximum atomic E-state index is 10.4. The number of alkyl halides is 1. The Morgan fingerprint density at radius 3 is 2.68 bits per heavy atom. The SMILES string of the molecule is OC1=CCCCC1(C/C=C/CBr)Cc1ccccc1. The zero-order valence-corrected chi connectivity index (χ0v) is 12.8. The van der Waals surface area contributed by atoms with E-state index in [1.165, 1.54) is 12.0 Å². The first-order valence-corrected chi connectivity index (χ1v) is 8.03. The average molecular weight is 321 g/mol. The Hall–Kier alpha value is -1.02. The van der Waals surface area contributed by atoms with E-state index in [0.29, 0.717) is 5.76 Å². The number of aliphatic hydroxyl groups is 1. The monoisotopic (exact) mass is 320 g/mol. The second kappa shape index (κ2) is 6.95. The standard InChI is InChI=1S/C17H21BrO/c18-13-7-6-12-17(11-5-4-10-16(17)19)14-15-8-2-1-3-9-15/h1-3,6-10,19H,4-5,11-14H2/b7-6+. The van der Waals surface area contributed by atoms with E-state index in [2.05, 4.69) is 52.3 Å². The third-order valence-corrected chi connectivity index (χ3v) is 4.26. The highest BCUT2D eigenvalue weighted by Crippen LogP contribution is 2.42. The number of aliphatic hydroxyl groups excluding tert-OH is 1. The van der Waals surface area contributed by atoms with Crippen molar-refractivity contribution in [3.8, 4) is 0 Å². The van der Waals surface area contributed by atoms with Crippen molar-refractivity contribution in [3.05, 3.63) is 59.9 Å². The van der Waals surface area contributed by atoms with Gasteiger partial charge in [0.05, 0.1) is 5.76 Å². The Labute approximate surface area is 124 Å². The van der Waals surface area contributed by atoms with Crippen LogP contribution in [0.1, 0.15) is 31.2 Å². The summed E-state index contributed by atoms with van der Waals surface area (Å²) in [4.78, 5) is 0. The van der Waals surface area contributed by atoms with Gasteiger partial charge in [0.2, 0.25) is 0 Å². The summed E-state index contributed by atoms with van der Waals surface area (Å²) in [6, 6.07) is 10.5. The van der Waals surface area contributed by atoms with Crippen molar-refractivity contribution < 1.29 is 5.11 Å². The second-order valence-corrected chi connectivity index (χ2v) is 5.90. The van der Waals surface area contributed by atoms with Crippen LogP contribution in [0.15, 0.2) is 54.3 Å². The van der Waals surface area contributed by atoms with E-state index in [9.17, 15) is 5.11 Å². The summed E-state index contributed by atoms with van der Waals surface area (Å²) in [7, 11) is 0. The fraction of sp³-hybridized carbons (Fsp3) is 0.412. The van der Waals surface area contributed by atoms with E-state index in [1.807, 2.05) is 12.1 Å². The van der Waals surface area contributed by atoms with Crippen LogP contribution < -0.4 is 0 Å². The summed E-state index contributed by atoms with van der Waals surface area (Å²) in [6.07, 6.45) is 11.4. The molecule has 1 N–H and O–H groups in total.